The normalized spacial score (nSPS) is 10.1. The van der Waals surface area contributed by atoms with E-state index in [9.17, 15) is 13.6 Å². The van der Waals surface area contributed by atoms with E-state index in [0.717, 1.165) is 7.11 Å². The molecule has 14 heavy (non-hydrogen) atoms. The number of hydrogen-bond donors (Lipinski definition) is 0. The molecule has 1 aromatic rings. The number of rotatable bonds is 1. The first-order valence-electron chi connectivity index (χ1n) is 3.40. The first-order valence-corrected chi connectivity index (χ1v) is 4.86. The molecule has 0 atom stereocenters. The fourth-order valence-electron chi connectivity index (χ4n) is 0.831. The van der Waals surface area contributed by atoms with E-state index in [0.29, 0.717) is 6.07 Å². The maximum Gasteiger partial charge on any atom is 0.339 e. The molecule has 0 amide bonds. The summed E-state index contributed by atoms with van der Waals surface area (Å²) in [5.41, 5.74) is -0.183. The van der Waals surface area contributed by atoms with Crippen molar-refractivity contribution in [2.45, 2.75) is 0 Å². The van der Waals surface area contributed by atoms with Gasteiger partial charge in [0, 0.05) is 0 Å². The number of halogens is 4. The van der Waals surface area contributed by atoms with Crippen molar-refractivity contribution in [1.82, 2.24) is 0 Å². The number of esters is 1. The van der Waals surface area contributed by atoms with E-state index in [1.807, 2.05) is 0 Å². The summed E-state index contributed by atoms with van der Waals surface area (Å²) in [6, 6.07) is 0.714. The fraction of sp³-hybridized carbons (Fsp3) is 0.125. The van der Waals surface area contributed by atoms with Gasteiger partial charge in [0.15, 0.2) is 11.6 Å². The third-order valence-corrected chi connectivity index (χ3v) is 3.23. The second-order valence-electron chi connectivity index (χ2n) is 2.34. The van der Waals surface area contributed by atoms with Crippen LogP contribution in [0.5, 0.6) is 0 Å². The quantitative estimate of drug-likeness (QED) is 0.342. The summed E-state index contributed by atoms with van der Waals surface area (Å²) in [7, 11) is 1.13. The minimum absolute atomic E-state index is 0.135. The van der Waals surface area contributed by atoms with E-state index in [4.69, 9.17) is 11.6 Å². The first-order chi connectivity index (χ1) is 6.49. The zero-order valence-electron chi connectivity index (χ0n) is 6.91. The number of ether oxygens (including phenoxy) is 1. The van der Waals surface area contributed by atoms with Crippen LogP contribution in [-0.2, 0) is 4.74 Å². The Morgan fingerprint density at radius 1 is 1.57 bits per heavy atom. The topological polar surface area (TPSA) is 26.3 Å². The number of benzene rings is 1. The number of methoxy groups -OCH3 is 1. The van der Waals surface area contributed by atoms with Crippen molar-refractivity contribution in [3.8, 4) is 0 Å². The zero-order chi connectivity index (χ0) is 10.9. The lowest BCUT2D eigenvalue weighted by atomic mass is 10.2. The van der Waals surface area contributed by atoms with Gasteiger partial charge in [-0.15, -0.1) is 0 Å². The Labute approximate surface area is 97.3 Å². The largest absolute Gasteiger partial charge is 0.465 e. The minimum atomic E-state index is -1.13. The van der Waals surface area contributed by atoms with Crippen LogP contribution in [0.15, 0.2) is 6.07 Å². The summed E-state index contributed by atoms with van der Waals surface area (Å²) in [6.07, 6.45) is 0. The Hall–Kier alpha value is -0.430. The lowest BCUT2D eigenvalue weighted by Crippen LogP contribution is -2.05. The molecule has 2 nitrogen and oxygen atoms in total. The molecule has 6 heteroatoms. The molecule has 0 unspecified atom stereocenters. The van der Waals surface area contributed by atoms with Gasteiger partial charge in [-0.1, -0.05) is 11.6 Å². The van der Waals surface area contributed by atoms with Crippen LogP contribution in [0.25, 0.3) is 0 Å². The van der Waals surface area contributed by atoms with E-state index in [2.05, 4.69) is 4.74 Å². The van der Waals surface area contributed by atoms with Crippen molar-refractivity contribution < 1.29 is 18.3 Å². The third kappa shape index (κ3) is 1.98. The van der Waals surface area contributed by atoms with Gasteiger partial charge in [-0.3, -0.25) is 0 Å². The van der Waals surface area contributed by atoms with Gasteiger partial charge >= 0.3 is 5.97 Å². The molecule has 0 aliphatic heterocycles. The zero-order valence-corrected chi connectivity index (χ0v) is 9.82. The predicted molar refractivity (Wildman–Crippen MR) is 55.4 cm³/mol. The highest BCUT2D eigenvalue weighted by Gasteiger charge is 2.19. The fourth-order valence-corrected chi connectivity index (χ4v) is 1.59. The Kier molecular flexibility index (Phi) is 3.65. The average Bonchev–Trinajstić information content (AvgIpc) is 2.19. The molecule has 1 rings (SSSR count). The van der Waals surface area contributed by atoms with E-state index >= 15 is 0 Å². The summed E-state index contributed by atoms with van der Waals surface area (Å²) in [5, 5.41) is -0.142. The molecule has 0 fully saturated rings. The second kappa shape index (κ2) is 4.39. The van der Waals surface area contributed by atoms with Crippen molar-refractivity contribution in [3.63, 3.8) is 0 Å². The SMILES string of the molecule is COC(=O)c1cc(F)c(F)c(I)c1Cl. The van der Waals surface area contributed by atoms with Crippen LogP contribution < -0.4 is 0 Å². The van der Waals surface area contributed by atoms with E-state index in [-0.39, 0.29) is 14.2 Å². The predicted octanol–water partition coefficient (Wildman–Crippen LogP) is 3.01. The molecular formula is C8H4ClF2IO2. The van der Waals surface area contributed by atoms with Crippen molar-refractivity contribution in [3.05, 3.63) is 31.9 Å². The maximum atomic E-state index is 12.9. The minimum Gasteiger partial charge on any atom is -0.465 e. The summed E-state index contributed by atoms with van der Waals surface area (Å²) in [6.45, 7) is 0. The van der Waals surface area contributed by atoms with Gasteiger partial charge in [0.05, 0.1) is 21.3 Å². The second-order valence-corrected chi connectivity index (χ2v) is 3.80. The van der Waals surface area contributed by atoms with E-state index in [1.165, 1.54) is 22.6 Å². The van der Waals surface area contributed by atoms with Crippen molar-refractivity contribution >= 4 is 40.2 Å². The third-order valence-electron chi connectivity index (χ3n) is 1.51. The highest BCUT2D eigenvalue weighted by Crippen LogP contribution is 2.27. The molecule has 0 aromatic heterocycles. The highest BCUT2D eigenvalue weighted by molar-refractivity contribution is 14.1. The van der Waals surface area contributed by atoms with Gasteiger partial charge in [-0.25, -0.2) is 13.6 Å². The van der Waals surface area contributed by atoms with Crippen molar-refractivity contribution in [2.24, 2.45) is 0 Å². The van der Waals surface area contributed by atoms with Gasteiger partial charge in [-0.05, 0) is 28.7 Å². The monoisotopic (exact) mass is 332 g/mol. The molecule has 0 bridgehead atoms. The number of carbonyl (C=O) groups is 1. The van der Waals surface area contributed by atoms with Crippen molar-refractivity contribution in [2.75, 3.05) is 7.11 Å². The van der Waals surface area contributed by atoms with Crippen LogP contribution in [0.1, 0.15) is 10.4 Å². The van der Waals surface area contributed by atoms with E-state index in [1.54, 1.807) is 0 Å². The summed E-state index contributed by atoms with van der Waals surface area (Å²) < 4.78 is 30.0. The Morgan fingerprint density at radius 2 is 2.14 bits per heavy atom. The van der Waals surface area contributed by atoms with Gasteiger partial charge in [0.2, 0.25) is 0 Å². The summed E-state index contributed by atoms with van der Waals surface area (Å²) in [5.74, 6) is -2.99. The smallest absolute Gasteiger partial charge is 0.339 e. The van der Waals surface area contributed by atoms with Gasteiger partial charge in [0.1, 0.15) is 0 Å². The highest BCUT2D eigenvalue weighted by atomic mass is 127. The Balaban J connectivity index is 3.40. The molecule has 0 saturated carbocycles. The molecular weight excluding hydrogens is 328 g/mol. The van der Waals surface area contributed by atoms with Gasteiger partial charge in [0.25, 0.3) is 0 Å². The van der Waals surface area contributed by atoms with Crippen LogP contribution in [0, 0.1) is 15.2 Å². The number of hydrogen-bond acceptors (Lipinski definition) is 2. The van der Waals surface area contributed by atoms with Crippen LogP contribution in [0.4, 0.5) is 8.78 Å². The van der Waals surface area contributed by atoms with Crippen LogP contribution >= 0.6 is 34.2 Å². The van der Waals surface area contributed by atoms with Crippen molar-refractivity contribution in [1.29, 1.82) is 0 Å². The van der Waals surface area contributed by atoms with Crippen LogP contribution in [-0.4, -0.2) is 13.1 Å². The molecule has 0 aliphatic carbocycles. The number of carbonyl (C=O) groups excluding carboxylic acids is 1. The summed E-state index contributed by atoms with van der Waals surface area (Å²) >= 11 is 7.14. The lowest BCUT2D eigenvalue weighted by Gasteiger charge is -2.05. The Bertz CT molecular complexity index is 395. The van der Waals surface area contributed by atoms with Crippen LogP contribution in [0.3, 0.4) is 0 Å². The Morgan fingerprint density at radius 3 is 2.64 bits per heavy atom. The first kappa shape index (κ1) is 11.6. The average molecular weight is 332 g/mol. The molecule has 0 saturated heterocycles. The van der Waals surface area contributed by atoms with Gasteiger partial charge in [-0.2, -0.15) is 0 Å². The molecule has 1 aromatic carbocycles. The van der Waals surface area contributed by atoms with Crippen LogP contribution in [0.2, 0.25) is 5.02 Å². The molecule has 0 radical (unpaired) electrons. The molecule has 0 N–H and O–H groups in total. The lowest BCUT2D eigenvalue weighted by molar-refractivity contribution is 0.0600. The molecule has 0 heterocycles. The standard InChI is InChI=1S/C8H4ClF2IO2/c1-14-8(13)3-2-4(10)6(11)7(12)5(3)9/h2H,1H3. The van der Waals surface area contributed by atoms with Gasteiger partial charge < -0.3 is 4.74 Å². The van der Waals surface area contributed by atoms with E-state index < -0.39 is 17.6 Å². The maximum absolute atomic E-state index is 12.9. The molecule has 0 spiro atoms. The molecule has 0 aliphatic rings. The summed E-state index contributed by atoms with van der Waals surface area (Å²) in [4.78, 5) is 11.1. The molecule has 76 valence electrons.